The summed E-state index contributed by atoms with van der Waals surface area (Å²) < 4.78 is 5.23. The predicted octanol–water partition coefficient (Wildman–Crippen LogP) is 4.09. The van der Waals surface area contributed by atoms with Crippen LogP contribution in [0.25, 0.3) is 0 Å². The molecule has 0 heterocycles. The number of carboxylic acid groups (broad SMARTS) is 1. The molecule has 122 valence electrons. The molecule has 7 heteroatoms. The Labute approximate surface area is 143 Å². The number of carbonyl (C=O) groups is 1. The molecule has 23 heavy (non-hydrogen) atoms. The van der Waals surface area contributed by atoms with Gasteiger partial charge < -0.3 is 9.84 Å². The third-order valence-corrected chi connectivity index (χ3v) is 5.53. The number of aliphatic carboxylic acids is 1. The molecule has 3 N–H and O–H groups in total. The van der Waals surface area contributed by atoms with Gasteiger partial charge in [0.25, 0.3) is 0 Å². The highest BCUT2D eigenvalue weighted by molar-refractivity contribution is 8.14. The van der Waals surface area contributed by atoms with E-state index in [0.29, 0.717) is 29.3 Å². The van der Waals surface area contributed by atoms with E-state index in [1.165, 1.54) is 30.2 Å². The maximum Gasteiger partial charge on any atom is 0.306 e. The van der Waals surface area contributed by atoms with Gasteiger partial charge in [0.15, 0.2) is 0 Å². The second-order valence-corrected chi connectivity index (χ2v) is 7.66. The lowest BCUT2D eigenvalue weighted by Gasteiger charge is -2.31. The number of rotatable bonds is 4. The van der Waals surface area contributed by atoms with E-state index < -0.39 is 5.97 Å². The Bertz CT molecular complexity index is 669. The molecule has 0 amide bonds. The van der Waals surface area contributed by atoms with Gasteiger partial charge >= 0.3 is 5.97 Å². The van der Waals surface area contributed by atoms with Gasteiger partial charge in [0, 0.05) is 5.25 Å². The van der Waals surface area contributed by atoms with Crippen LogP contribution in [-0.2, 0) is 9.53 Å². The number of benzene rings is 1. The SMILES string of the molecule is N=C(OC(=N)c1ccc(C2CC2)cc1Cl)SC1CC(C(=O)O)C1. The minimum Gasteiger partial charge on any atom is -0.481 e. The molecule has 2 aliphatic carbocycles. The highest BCUT2D eigenvalue weighted by atomic mass is 35.5. The Hall–Kier alpha value is -1.53. The lowest BCUT2D eigenvalue weighted by molar-refractivity contribution is -0.144. The molecule has 2 saturated carbocycles. The average molecular weight is 353 g/mol. The van der Waals surface area contributed by atoms with E-state index in [-0.39, 0.29) is 22.3 Å². The van der Waals surface area contributed by atoms with Gasteiger partial charge in [0.2, 0.25) is 11.1 Å². The highest BCUT2D eigenvalue weighted by Gasteiger charge is 2.36. The molecular weight excluding hydrogens is 336 g/mol. The molecular formula is C16H17ClN2O3S. The van der Waals surface area contributed by atoms with Gasteiger partial charge in [-0.2, -0.15) is 0 Å². The molecule has 3 rings (SSSR count). The molecule has 1 aromatic carbocycles. The molecule has 5 nitrogen and oxygen atoms in total. The molecule has 0 saturated heterocycles. The van der Waals surface area contributed by atoms with Crippen LogP contribution in [-0.4, -0.2) is 27.5 Å². The third kappa shape index (κ3) is 3.87. The fraction of sp³-hybridized carbons (Fsp3) is 0.438. The Morgan fingerprint density at radius 2 is 2.00 bits per heavy atom. The fourth-order valence-corrected chi connectivity index (χ4v) is 3.94. The summed E-state index contributed by atoms with van der Waals surface area (Å²) in [6, 6.07) is 5.59. The van der Waals surface area contributed by atoms with Crippen molar-refractivity contribution in [3.8, 4) is 0 Å². The van der Waals surface area contributed by atoms with Crippen molar-refractivity contribution in [1.29, 1.82) is 10.8 Å². The van der Waals surface area contributed by atoms with Crippen LogP contribution in [0.4, 0.5) is 0 Å². The van der Waals surface area contributed by atoms with Crippen LogP contribution in [0, 0.1) is 16.7 Å². The first-order chi connectivity index (χ1) is 10.9. The van der Waals surface area contributed by atoms with Crippen LogP contribution in [0.15, 0.2) is 18.2 Å². The maximum absolute atomic E-state index is 10.7. The van der Waals surface area contributed by atoms with Gasteiger partial charge in [-0.05, 0) is 49.3 Å². The van der Waals surface area contributed by atoms with Crippen molar-refractivity contribution in [3.05, 3.63) is 34.3 Å². The van der Waals surface area contributed by atoms with Crippen LogP contribution >= 0.6 is 23.4 Å². The maximum atomic E-state index is 10.7. The van der Waals surface area contributed by atoms with E-state index in [4.69, 9.17) is 32.3 Å². The van der Waals surface area contributed by atoms with Crippen molar-refractivity contribution in [2.45, 2.75) is 36.9 Å². The van der Waals surface area contributed by atoms with Crippen molar-refractivity contribution in [2.75, 3.05) is 0 Å². The minimum absolute atomic E-state index is 0.0733. The normalized spacial score (nSPS) is 23.0. The zero-order chi connectivity index (χ0) is 16.6. The standard InChI is InChI=1S/C16H17ClN2O3S/c17-13-7-9(8-1-2-8)3-4-12(13)14(18)22-16(19)23-11-5-10(6-11)15(20)21/h3-4,7-8,10-11,18-19H,1-2,5-6H2,(H,20,21). The average Bonchev–Trinajstić information content (AvgIpc) is 3.26. The van der Waals surface area contributed by atoms with Crippen molar-refractivity contribution >= 4 is 40.5 Å². The number of nitrogens with one attached hydrogen (secondary N) is 2. The molecule has 2 aliphatic rings. The molecule has 0 radical (unpaired) electrons. The van der Waals surface area contributed by atoms with E-state index in [2.05, 4.69) is 0 Å². The zero-order valence-electron chi connectivity index (χ0n) is 12.3. The van der Waals surface area contributed by atoms with Gasteiger partial charge in [-0.1, -0.05) is 29.4 Å². The Balaban J connectivity index is 1.52. The van der Waals surface area contributed by atoms with E-state index >= 15 is 0 Å². The van der Waals surface area contributed by atoms with Crippen molar-refractivity contribution in [2.24, 2.45) is 5.92 Å². The second-order valence-electron chi connectivity index (χ2n) is 5.98. The van der Waals surface area contributed by atoms with Crippen LogP contribution in [0.2, 0.25) is 5.02 Å². The number of hydrogen-bond donors (Lipinski definition) is 3. The number of hydrogen-bond acceptors (Lipinski definition) is 5. The molecule has 2 fully saturated rings. The van der Waals surface area contributed by atoms with Gasteiger partial charge in [-0.3, -0.25) is 15.6 Å². The smallest absolute Gasteiger partial charge is 0.306 e. The Morgan fingerprint density at radius 1 is 1.30 bits per heavy atom. The Morgan fingerprint density at radius 3 is 2.57 bits per heavy atom. The second kappa shape index (κ2) is 6.53. The van der Waals surface area contributed by atoms with Gasteiger partial charge in [0.1, 0.15) is 0 Å². The predicted molar refractivity (Wildman–Crippen MR) is 90.8 cm³/mol. The fourth-order valence-electron chi connectivity index (χ4n) is 2.57. The molecule has 1 aromatic rings. The summed E-state index contributed by atoms with van der Waals surface area (Å²) >= 11 is 7.38. The monoisotopic (exact) mass is 352 g/mol. The van der Waals surface area contributed by atoms with E-state index in [1.54, 1.807) is 6.07 Å². The van der Waals surface area contributed by atoms with E-state index in [9.17, 15) is 4.79 Å². The summed E-state index contributed by atoms with van der Waals surface area (Å²) in [7, 11) is 0. The lowest BCUT2D eigenvalue weighted by atomic mass is 9.85. The van der Waals surface area contributed by atoms with Crippen LogP contribution < -0.4 is 0 Å². The number of carboxylic acids is 1. The molecule has 0 atom stereocenters. The first-order valence-corrected chi connectivity index (χ1v) is 8.74. The first-order valence-electron chi connectivity index (χ1n) is 7.48. The summed E-state index contributed by atoms with van der Waals surface area (Å²) in [6.45, 7) is 0. The topological polar surface area (TPSA) is 94.2 Å². The summed E-state index contributed by atoms with van der Waals surface area (Å²) in [6.07, 6.45) is 3.44. The number of halogens is 1. The number of ether oxygens (including phenoxy) is 1. The van der Waals surface area contributed by atoms with E-state index in [1.807, 2.05) is 12.1 Å². The van der Waals surface area contributed by atoms with Crippen molar-refractivity contribution in [3.63, 3.8) is 0 Å². The molecule has 0 spiro atoms. The molecule has 0 bridgehead atoms. The molecule has 0 unspecified atom stereocenters. The molecule has 0 aromatic heterocycles. The number of thioether (sulfide) groups is 1. The van der Waals surface area contributed by atoms with Crippen LogP contribution in [0.3, 0.4) is 0 Å². The summed E-state index contributed by atoms with van der Waals surface area (Å²) in [5.41, 5.74) is 1.66. The third-order valence-electron chi connectivity index (χ3n) is 4.20. The summed E-state index contributed by atoms with van der Waals surface area (Å²) in [5.74, 6) is -0.663. The molecule has 0 aliphatic heterocycles. The quantitative estimate of drug-likeness (QED) is 0.561. The summed E-state index contributed by atoms with van der Waals surface area (Å²) in [5, 5.41) is 25.1. The van der Waals surface area contributed by atoms with Crippen molar-refractivity contribution < 1.29 is 14.6 Å². The lowest BCUT2D eigenvalue weighted by Crippen LogP contribution is -2.33. The minimum atomic E-state index is -0.787. The Kier molecular flexibility index (Phi) is 4.64. The summed E-state index contributed by atoms with van der Waals surface area (Å²) in [4.78, 5) is 10.7. The van der Waals surface area contributed by atoms with Gasteiger partial charge in [0.05, 0.1) is 16.5 Å². The van der Waals surface area contributed by atoms with E-state index in [0.717, 1.165) is 0 Å². The van der Waals surface area contributed by atoms with Crippen LogP contribution in [0.5, 0.6) is 0 Å². The van der Waals surface area contributed by atoms with Crippen molar-refractivity contribution in [1.82, 2.24) is 0 Å². The van der Waals surface area contributed by atoms with Gasteiger partial charge in [-0.15, -0.1) is 0 Å². The van der Waals surface area contributed by atoms with Gasteiger partial charge in [-0.25, -0.2) is 0 Å². The highest BCUT2D eigenvalue weighted by Crippen LogP contribution is 2.41. The first kappa shape index (κ1) is 16.3. The largest absolute Gasteiger partial charge is 0.481 e. The van der Waals surface area contributed by atoms with Crippen LogP contribution in [0.1, 0.15) is 42.7 Å². The zero-order valence-corrected chi connectivity index (χ0v) is 13.9.